The van der Waals surface area contributed by atoms with Crippen molar-refractivity contribution >= 4 is 11.6 Å². The summed E-state index contributed by atoms with van der Waals surface area (Å²) in [5.41, 5.74) is 7.00. The van der Waals surface area contributed by atoms with Crippen molar-refractivity contribution in [1.29, 1.82) is 0 Å². The molecule has 1 aromatic heterocycles. The predicted molar refractivity (Wildman–Crippen MR) is 67.5 cm³/mol. The highest BCUT2D eigenvalue weighted by molar-refractivity contribution is 5.94. The van der Waals surface area contributed by atoms with Gasteiger partial charge in [0, 0.05) is 24.7 Å². The van der Waals surface area contributed by atoms with Crippen LogP contribution in [0.15, 0.2) is 12.3 Å². The number of carbonyl (C=O) groups excluding carboxylic acids is 1. The van der Waals surface area contributed by atoms with Crippen molar-refractivity contribution in [3.8, 4) is 12.3 Å². The van der Waals surface area contributed by atoms with Crippen molar-refractivity contribution in [3.05, 3.63) is 18.0 Å². The van der Waals surface area contributed by atoms with Crippen LogP contribution in [0.25, 0.3) is 0 Å². The number of aromatic nitrogens is 1. The summed E-state index contributed by atoms with van der Waals surface area (Å²) in [5.74, 6) is 2.43. The van der Waals surface area contributed by atoms with Gasteiger partial charge in [0.05, 0.1) is 5.69 Å². The second-order valence-electron chi connectivity index (χ2n) is 4.58. The molecule has 0 saturated heterocycles. The Hall–Kier alpha value is -1.89. The van der Waals surface area contributed by atoms with Crippen molar-refractivity contribution in [2.45, 2.75) is 38.3 Å². The minimum Gasteiger partial charge on any atom is -0.397 e. The van der Waals surface area contributed by atoms with Crippen LogP contribution in [0.4, 0.5) is 5.69 Å². The average molecular weight is 231 g/mol. The molecule has 2 rings (SSSR count). The van der Waals surface area contributed by atoms with E-state index in [9.17, 15) is 4.79 Å². The molecule has 0 aromatic carbocycles. The predicted octanol–water partition coefficient (Wildman–Crippen LogP) is 1.55. The highest BCUT2D eigenvalue weighted by atomic mass is 16.2. The van der Waals surface area contributed by atoms with Crippen molar-refractivity contribution in [1.82, 2.24) is 9.88 Å². The summed E-state index contributed by atoms with van der Waals surface area (Å²) in [5, 5.41) is 2.88. The number of nitrogen functional groups attached to an aromatic ring is 1. The minimum absolute atomic E-state index is 0.0173. The van der Waals surface area contributed by atoms with Gasteiger partial charge >= 0.3 is 0 Å². The zero-order valence-electron chi connectivity index (χ0n) is 9.94. The van der Waals surface area contributed by atoms with E-state index in [-0.39, 0.29) is 11.9 Å². The lowest BCUT2D eigenvalue weighted by Crippen LogP contribution is -2.33. The van der Waals surface area contributed by atoms with E-state index in [0.29, 0.717) is 23.8 Å². The first-order valence-corrected chi connectivity index (χ1v) is 5.83. The van der Waals surface area contributed by atoms with Gasteiger partial charge in [0.1, 0.15) is 5.69 Å². The molecule has 1 amide bonds. The molecule has 0 bridgehead atoms. The summed E-state index contributed by atoms with van der Waals surface area (Å²) in [7, 11) is 0. The van der Waals surface area contributed by atoms with E-state index in [1.165, 1.54) is 0 Å². The van der Waals surface area contributed by atoms with Gasteiger partial charge in [-0.05, 0) is 25.8 Å². The number of rotatable bonds is 4. The number of anilines is 1. The van der Waals surface area contributed by atoms with Crippen molar-refractivity contribution in [2.75, 3.05) is 5.73 Å². The third-order valence-corrected chi connectivity index (χ3v) is 2.84. The molecule has 1 heterocycles. The van der Waals surface area contributed by atoms with Gasteiger partial charge in [0.2, 0.25) is 0 Å². The van der Waals surface area contributed by atoms with Crippen LogP contribution in [0.5, 0.6) is 0 Å². The smallest absolute Gasteiger partial charge is 0.268 e. The van der Waals surface area contributed by atoms with E-state index in [4.69, 9.17) is 12.2 Å². The Kier molecular flexibility index (Phi) is 3.10. The molecular formula is C13H17N3O. The Bertz CT molecular complexity index is 465. The van der Waals surface area contributed by atoms with E-state index in [1.54, 1.807) is 6.07 Å². The first kappa shape index (κ1) is 11.6. The number of nitrogens with two attached hydrogens (primary N) is 1. The van der Waals surface area contributed by atoms with Gasteiger partial charge in [-0.25, -0.2) is 0 Å². The maximum absolute atomic E-state index is 12.0. The fourth-order valence-corrected chi connectivity index (χ4v) is 1.86. The summed E-state index contributed by atoms with van der Waals surface area (Å²) in [6.45, 7) is 1.89. The Labute approximate surface area is 101 Å². The van der Waals surface area contributed by atoms with Crippen LogP contribution in [-0.2, 0) is 0 Å². The standard InChI is InChI=1S/C13H17N3O/c1-3-4-9(2)15-13(17)12-7-10(14)8-16(12)11-5-6-11/h1,7-9,11H,4-6,14H2,2H3,(H,15,17). The molecule has 4 heteroatoms. The molecule has 0 spiro atoms. The van der Waals surface area contributed by atoms with Crippen molar-refractivity contribution in [2.24, 2.45) is 0 Å². The van der Waals surface area contributed by atoms with Crippen molar-refractivity contribution < 1.29 is 4.79 Å². The molecule has 1 atom stereocenters. The SMILES string of the molecule is C#CCC(C)NC(=O)c1cc(N)cn1C1CC1. The number of hydrogen-bond acceptors (Lipinski definition) is 2. The van der Waals surface area contributed by atoms with Crippen LogP contribution in [0, 0.1) is 12.3 Å². The third kappa shape index (κ3) is 2.62. The third-order valence-electron chi connectivity index (χ3n) is 2.84. The van der Waals surface area contributed by atoms with Gasteiger partial charge in [0.25, 0.3) is 5.91 Å². The summed E-state index contributed by atoms with van der Waals surface area (Å²) >= 11 is 0. The maximum atomic E-state index is 12.0. The lowest BCUT2D eigenvalue weighted by Gasteiger charge is -2.12. The average Bonchev–Trinajstić information content (AvgIpc) is 3.02. The molecule has 17 heavy (non-hydrogen) atoms. The summed E-state index contributed by atoms with van der Waals surface area (Å²) in [6.07, 6.45) is 9.81. The molecule has 3 N–H and O–H groups in total. The molecule has 4 nitrogen and oxygen atoms in total. The van der Waals surface area contributed by atoms with Gasteiger partial charge in [-0.3, -0.25) is 4.79 Å². The molecular weight excluding hydrogens is 214 g/mol. The van der Waals surface area contributed by atoms with Gasteiger partial charge in [-0.1, -0.05) is 0 Å². The number of nitrogens with zero attached hydrogens (tertiary/aromatic N) is 1. The monoisotopic (exact) mass is 231 g/mol. The van der Waals surface area contributed by atoms with Gasteiger partial charge in [0.15, 0.2) is 0 Å². The van der Waals surface area contributed by atoms with Crippen molar-refractivity contribution in [3.63, 3.8) is 0 Å². The van der Waals surface area contributed by atoms with E-state index < -0.39 is 0 Å². The normalized spacial score (nSPS) is 16.2. The minimum atomic E-state index is -0.101. The fraction of sp³-hybridized carbons (Fsp3) is 0.462. The molecule has 1 saturated carbocycles. The van der Waals surface area contributed by atoms with Gasteiger partial charge in [-0.2, -0.15) is 0 Å². The second kappa shape index (κ2) is 4.54. The van der Waals surface area contributed by atoms with E-state index in [0.717, 1.165) is 12.8 Å². The van der Waals surface area contributed by atoms with Crippen LogP contribution in [0.3, 0.4) is 0 Å². The lowest BCUT2D eigenvalue weighted by atomic mass is 10.2. The highest BCUT2D eigenvalue weighted by Crippen LogP contribution is 2.37. The lowest BCUT2D eigenvalue weighted by molar-refractivity contribution is 0.0931. The first-order valence-electron chi connectivity index (χ1n) is 5.83. The van der Waals surface area contributed by atoms with E-state index in [1.807, 2.05) is 17.7 Å². The molecule has 1 aliphatic carbocycles. The molecule has 1 aromatic rings. The summed E-state index contributed by atoms with van der Waals surface area (Å²) in [6, 6.07) is 2.14. The molecule has 1 unspecified atom stereocenters. The second-order valence-corrected chi connectivity index (χ2v) is 4.58. The number of nitrogens with one attached hydrogen (secondary N) is 1. The fourth-order valence-electron chi connectivity index (χ4n) is 1.86. The first-order chi connectivity index (χ1) is 8.11. The Morgan fingerprint density at radius 1 is 1.76 bits per heavy atom. The maximum Gasteiger partial charge on any atom is 0.268 e. The molecule has 90 valence electrons. The van der Waals surface area contributed by atoms with Crippen LogP contribution in [0.2, 0.25) is 0 Å². The largest absolute Gasteiger partial charge is 0.397 e. The van der Waals surface area contributed by atoms with Gasteiger partial charge < -0.3 is 15.6 Å². The zero-order valence-corrected chi connectivity index (χ0v) is 9.94. The Balaban J connectivity index is 2.11. The molecule has 1 fully saturated rings. The van der Waals surface area contributed by atoms with E-state index >= 15 is 0 Å². The number of amides is 1. The topological polar surface area (TPSA) is 60.1 Å². The summed E-state index contributed by atoms with van der Waals surface area (Å²) < 4.78 is 1.97. The Morgan fingerprint density at radius 2 is 2.47 bits per heavy atom. The van der Waals surface area contributed by atoms with Crippen LogP contribution < -0.4 is 11.1 Å². The highest BCUT2D eigenvalue weighted by Gasteiger charge is 2.27. The van der Waals surface area contributed by atoms with Crippen LogP contribution >= 0.6 is 0 Å². The van der Waals surface area contributed by atoms with E-state index in [2.05, 4.69) is 11.2 Å². The van der Waals surface area contributed by atoms with Crippen LogP contribution in [0.1, 0.15) is 42.7 Å². The quantitative estimate of drug-likeness (QED) is 0.772. The number of carbonyl (C=O) groups is 1. The van der Waals surface area contributed by atoms with Crippen LogP contribution in [-0.4, -0.2) is 16.5 Å². The summed E-state index contributed by atoms with van der Waals surface area (Å²) in [4.78, 5) is 12.0. The number of hydrogen-bond donors (Lipinski definition) is 2. The Morgan fingerprint density at radius 3 is 3.06 bits per heavy atom. The molecule has 1 aliphatic rings. The van der Waals surface area contributed by atoms with Gasteiger partial charge in [-0.15, -0.1) is 12.3 Å². The molecule has 0 radical (unpaired) electrons. The zero-order chi connectivity index (χ0) is 12.4. The number of terminal acetylenes is 1. The molecule has 0 aliphatic heterocycles.